The fraction of sp³-hybridized carbons (Fsp3) is 1.00. The largest absolute Gasteiger partial charge is 0.300 e. The van der Waals surface area contributed by atoms with Crippen LogP contribution in [0.5, 0.6) is 0 Å². The molecule has 0 aliphatic carbocycles. The average Bonchev–Trinajstić information content (AvgIpc) is 2.42. The van der Waals surface area contributed by atoms with E-state index in [9.17, 15) is 0 Å². The van der Waals surface area contributed by atoms with Crippen LogP contribution in [0.15, 0.2) is 0 Å². The predicted octanol–water partition coefficient (Wildman–Crippen LogP) is 4.96. The summed E-state index contributed by atoms with van der Waals surface area (Å²) in [6.07, 6.45) is 5.59. The molecule has 0 aromatic carbocycles. The van der Waals surface area contributed by atoms with Crippen LogP contribution in [0.4, 0.5) is 0 Å². The number of likely N-dealkylation sites (tertiary alicyclic amines) is 1. The normalized spacial score (nSPS) is 24.9. The Kier molecular flexibility index (Phi) is 14.9. The molecule has 0 aromatic rings. The lowest BCUT2D eigenvalue weighted by molar-refractivity contribution is 0.0926. The minimum absolute atomic E-state index is 0.883. The van der Waals surface area contributed by atoms with Gasteiger partial charge in [0.25, 0.3) is 0 Å². The Bertz CT molecular complexity index is 111. The quantitative estimate of drug-likeness (QED) is 0.661. The van der Waals surface area contributed by atoms with Crippen LogP contribution in [-0.4, -0.2) is 24.0 Å². The van der Waals surface area contributed by atoms with Crippen molar-refractivity contribution in [1.29, 1.82) is 0 Å². The summed E-state index contributed by atoms with van der Waals surface area (Å²) in [5, 5.41) is 0. The fourth-order valence-corrected chi connectivity index (χ4v) is 2.67. The lowest BCUT2D eigenvalue weighted by Gasteiger charge is -2.40. The maximum absolute atomic E-state index is 2.66. The molecule has 0 bridgehead atoms. The summed E-state index contributed by atoms with van der Waals surface area (Å²) in [6.45, 7) is 17.6. The maximum atomic E-state index is 2.66. The number of hydrogen-bond acceptors (Lipinski definition) is 1. The molecule has 1 heteroatoms. The first-order valence-electron chi connectivity index (χ1n) is 7.57. The summed E-state index contributed by atoms with van der Waals surface area (Å²) in [4.78, 5) is 2.66. The SMILES string of the molecule is CC.CC.CCC1CCCN(CC)C1CC. The molecule has 1 saturated heterocycles. The molecule has 0 spiro atoms. The lowest BCUT2D eigenvalue weighted by atomic mass is 9.86. The fourth-order valence-electron chi connectivity index (χ4n) is 2.67. The molecule has 0 aromatic heterocycles. The monoisotopic (exact) mass is 229 g/mol. The van der Waals surface area contributed by atoms with Gasteiger partial charge in [-0.25, -0.2) is 0 Å². The van der Waals surface area contributed by atoms with Crippen LogP contribution in [0.1, 0.15) is 74.1 Å². The van der Waals surface area contributed by atoms with Crippen LogP contribution < -0.4 is 0 Å². The third-order valence-corrected chi connectivity index (χ3v) is 3.38. The molecule has 1 heterocycles. The molecule has 0 amide bonds. The molecule has 1 aliphatic rings. The van der Waals surface area contributed by atoms with Gasteiger partial charge in [-0.1, -0.05) is 54.9 Å². The lowest BCUT2D eigenvalue weighted by Crippen LogP contribution is -2.44. The second kappa shape index (κ2) is 13.0. The zero-order valence-electron chi connectivity index (χ0n) is 12.8. The standard InChI is InChI=1S/C11H23N.2C2H6/c1-4-10-8-7-9-12(6-3)11(10)5-2;2*1-2/h10-11H,4-9H2,1-3H3;2*1-2H3. The van der Waals surface area contributed by atoms with Gasteiger partial charge in [-0.15, -0.1) is 0 Å². The van der Waals surface area contributed by atoms with E-state index in [1.54, 1.807) is 0 Å². The highest BCUT2D eigenvalue weighted by molar-refractivity contribution is 4.81. The Morgan fingerprint density at radius 3 is 1.88 bits per heavy atom. The van der Waals surface area contributed by atoms with Crippen LogP contribution in [0.3, 0.4) is 0 Å². The maximum Gasteiger partial charge on any atom is 0.0121 e. The Hall–Kier alpha value is -0.0400. The number of nitrogens with zero attached hydrogens (tertiary/aromatic N) is 1. The highest BCUT2D eigenvalue weighted by Gasteiger charge is 2.27. The molecule has 100 valence electrons. The first kappa shape index (κ1) is 18.3. The van der Waals surface area contributed by atoms with Crippen molar-refractivity contribution in [1.82, 2.24) is 4.90 Å². The zero-order valence-corrected chi connectivity index (χ0v) is 12.8. The van der Waals surface area contributed by atoms with Crippen molar-refractivity contribution in [2.45, 2.75) is 80.2 Å². The van der Waals surface area contributed by atoms with E-state index in [-0.39, 0.29) is 0 Å². The van der Waals surface area contributed by atoms with E-state index >= 15 is 0 Å². The first-order valence-corrected chi connectivity index (χ1v) is 7.57. The van der Waals surface area contributed by atoms with Gasteiger partial charge in [-0.3, -0.25) is 0 Å². The molecule has 0 N–H and O–H groups in total. The molecule has 1 nitrogen and oxygen atoms in total. The zero-order chi connectivity index (χ0) is 13.0. The summed E-state index contributed by atoms with van der Waals surface area (Å²) in [5.41, 5.74) is 0. The molecule has 16 heavy (non-hydrogen) atoms. The van der Waals surface area contributed by atoms with Crippen molar-refractivity contribution in [3.05, 3.63) is 0 Å². The van der Waals surface area contributed by atoms with Crippen molar-refractivity contribution in [3.63, 3.8) is 0 Å². The van der Waals surface area contributed by atoms with Gasteiger partial charge in [-0.2, -0.15) is 0 Å². The van der Waals surface area contributed by atoms with Crippen LogP contribution in [-0.2, 0) is 0 Å². The summed E-state index contributed by atoms with van der Waals surface area (Å²) in [7, 11) is 0. The van der Waals surface area contributed by atoms with Gasteiger partial charge in [0.15, 0.2) is 0 Å². The smallest absolute Gasteiger partial charge is 0.0121 e. The third-order valence-electron chi connectivity index (χ3n) is 3.38. The Morgan fingerprint density at radius 1 is 0.938 bits per heavy atom. The Morgan fingerprint density at radius 2 is 1.50 bits per heavy atom. The molecule has 0 radical (unpaired) electrons. The van der Waals surface area contributed by atoms with Gasteiger partial charge in [0.05, 0.1) is 0 Å². The van der Waals surface area contributed by atoms with Gasteiger partial charge in [0.2, 0.25) is 0 Å². The van der Waals surface area contributed by atoms with Crippen molar-refractivity contribution < 1.29 is 0 Å². The third kappa shape index (κ3) is 5.89. The Labute approximate surface area is 105 Å². The first-order chi connectivity index (χ1) is 7.83. The highest BCUT2D eigenvalue weighted by Crippen LogP contribution is 2.27. The van der Waals surface area contributed by atoms with Gasteiger partial charge in [0, 0.05) is 6.04 Å². The van der Waals surface area contributed by atoms with Crippen molar-refractivity contribution in [2.75, 3.05) is 13.1 Å². The Balaban J connectivity index is 0. The number of rotatable bonds is 3. The molecule has 1 aliphatic heterocycles. The van der Waals surface area contributed by atoms with Gasteiger partial charge in [0.1, 0.15) is 0 Å². The van der Waals surface area contributed by atoms with Gasteiger partial charge in [-0.05, 0) is 38.3 Å². The van der Waals surface area contributed by atoms with Crippen LogP contribution >= 0.6 is 0 Å². The van der Waals surface area contributed by atoms with Gasteiger partial charge >= 0.3 is 0 Å². The topological polar surface area (TPSA) is 3.24 Å². The minimum Gasteiger partial charge on any atom is -0.300 e. The highest BCUT2D eigenvalue weighted by atomic mass is 15.2. The predicted molar refractivity (Wildman–Crippen MR) is 77.0 cm³/mol. The molecule has 1 rings (SSSR count). The van der Waals surface area contributed by atoms with Crippen LogP contribution in [0, 0.1) is 5.92 Å². The second-order valence-electron chi connectivity index (χ2n) is 3.91. The summed E-state index contributed by atoms with van der Waals surface area (Å²) in [6, 6.07) is 0.883. The van der Waals surface area contributed by atoms with E-state index in [4.69, 9.17) is 0 Å². The van der Waals surface area contributed by atoms with Gasteiger partial charge < -0.3 is 4.90 Å². The molecule has 2 unspecified atom stereocenters. The van der Waals surface area contributed by atoms with E-state index < -0.39 is 0 Å². The average molecular weight is 229 g/mol. The molecule has 0 saturated carbocycles. The molecule has 2 atom stereocenters. The second-order valence-corrected chi connectivity index (χ2v) is 3.91. The molecular formula is C15H35N. The van der Waals surface area contributed by atoms with E-state index in [2.05, 4.69) is 25.7 Å². The van der Waals surface area contributed by atoms with Crippen molar-refractivity contribution in [2.24, 2.45) is 5.92 Å². The van der Waals surface area contributed by atoms with Crippen molar-refractivity contribution in [3.8, 4) is 0 Å². The summed E-state index contributed by atoms with van der Waals surface area (Å²) >= 11 is 0. The van der Waals surface area contributed by atoms with E-state index in [0.717, 1.165) is 12.0 Å². The summed E-state index contributed by atoms with van der Waals surface area (Å²) < 4.78 is 0. The number of hydrogen-bond donors (Lipinski definition) is 0. The molecular weight excluding hydrogens is 194 g/mol. The van der Waals surface area contributed by atoms with Crippen LogP contribution in [0.25, 0.3) is 0 Å². The van der Waals surface area contributed by atoms with E-state index in [1.165, 1.54) is 38.8 Å². The van der Waals surface area contributed by atoms with Crippen LogP contribution in [0.2, 0.25) is 0 Å². The summed E-state index contributed by atoms with van der Waals surface area (Å²) in [5.74, 6) is 0.976. The van der Waals surface area contributed by atoms with E-state index in [0.29, 0.717) is 0 Å². The minimum atomic E-state index is 0.883. The van der Waals surface area contributed by atoms with Crippen molar-refractivity contribution >= 4 is 0 Å². The number of piperidine rings is 1. The molecule has 1 fully saturated rings. The van der Waals surface area contributed by atoms with E-state index in [1.807, 2.05) is 27.7 Å².